The van der Waals surface area contributed by atoms with Crippen molar-refractivity contribution in [1.82, 2.24) is 9.97 Å². The van der Waals surface area contributed by atoms with Gasteiger partial charge in [0.1, 0.15) is 5.82 Å². The Morgan fingerprint density at radius 1 is 1.25 bits per heavy atom. The third-order valence-electron chi connectivity index (χ3n) is 2.25. The van der Waals surface area contributed by atoms with Crippen molar-refractivity contribution in [3.05, 3.63) is 47.5 Å². The average Bonchev–Trinajstić information content (AvgIpc) is 2.30. The van der Waals surface area contributed by atoms with Crippen LogP contribution in [0.3, 0.4) is 0 Å². The first-order valence-corrected chi connectivity index (χ1v) is 4.75. The lowest BCUT2D eigenvalue weighted by Gasteiger charge is -2.02. The maximum absolute atomic E-state index is 12.7. The molecule has 0 radical (unpaired) electrons. The van der Waals surface area contributed by atoms with E-state index in [4.69, 9.17) is 0 Å². The Morgan fingerprint density at radius 3 is 2.50 bits per heavy atom. The highest BCUT2D eigenvalue weighted by Gasteiger charge is 2.04. The van der Waals surface area contributed by atoms with Crippen molar-refractivity contribution in [2.45, 2.75) is 6.92 Å². The summed E-state index contributed by atoms with van der Waals surface area (Å²) in [5.41, 5.74) is 1.80. The topological polar surface area (TPSA) is 42.9 Å². The number of aryl methyl sites for hydroxylation is 1. The predicted octanol–water partition coefficient (Wildman–Crippen LogP) is 2.40. The molecule has 0 fully saturated rings. The van der Waals surface area contributed by atoms with E-state index in [9.17, 15) is 9.18 Å². The van der Waals surface area contributed by atoms with Gasteiger partial charge in [0.05, 0.1) is 11.3 Å². The largest absolute Gasteiger partial charge is 0.298 e. The molecule has 1 heterocycles. The highest BCUT2D eigenvalue weighted by molar-refractivity contribution is 5.76. The maximum atomic E-state index is 12.7. The summed E-state index contributed by atoms with van der Waals surface area (Å²) < 4.78 is 12.7. The molecule has 2 aromatic rings. The fraction of sp³-hybridized carbons (Fsp3) is 0.0833. The van der Waals surface area contributed by atoms with E-state index in [0.29, 0.717) is 23.4 Å². The number of rotatable bonds is 2. The molecule has 80 valence electrons. The van der Waals surface area contributed by atoms with E-state index >= 15 is 0 Å². The molecule has 2 rings (SSSR count). The predicted molar refractivity (Wildman–Crippen MR) is 57.6 cm³/mol. The van der Waals surface area contributed by atoms with Gasteiger partial charge in [0.25, 0.3) is 0 Å². The van der Waals surface area contributed by atoms with E-state index in [0.717, 1.165) is 5.56 Å². The second kappa shape index (κ2) is 4.18. The minimum Gasteiger partial charge on any atom is -0.298 e. The number of nitrogens with zero attached hydrogens (tertiary/aromatic N) is 2. The molecule has 0 aliphatic heterocycles. The van der Waals surface area contributed by atoms with E-state index in [-0.39, 0.29) is 5.82 Å². The Labute approximate surface area is 92.0 Å². The molecule has 3 nitrogen and oxygen atoms in total. The van der Waals surface area contributed by atoms with Crippen LogP contribution in [0, 0.1) is 12.7 Å². The fourth-order valence-corrected chi connectivity index (χ4v) is 1.33. The summed E-state index contributed by atoms with van der Waals surface area (Å²) >= 11 is 0. The molecule has 0 bridgehead atoms. The molecule has 0 saturated carbocycles. The third kappa shape index (κ3) is 1.95. The third-order valence-corrected chi connectivity index (χ3v) is 2.25. The second-order valence-corrected chi connectivity index (χ2v) is 3.36. The van der Waals surface area contributed by atoms with Crippen molar-refractivity contribution in [3.63, 3.8) is 0 Å². The molecule has 0 unspecified atom stereocenters. The van der Waals surface area contributed by atoms with Crippen molar-refractivity contribution in [2.75, 3.05) is 0 Å². The minimum atomic E-state index is -0.301. The smallest absolute Gasteiger partial charge is 0.159 e. The van der Waals surface area contributed by atoms with Crippen LogP contribution in [0.1, 0.15) is 16.1 Å². The molecule has 0 atom stereocenters. The first-order chi connectivity index (χ1) is 7.70. The number of benzene rings is 1. The number of carbonyl (C=O) groups excluding carboxylic acids is 1. The molecule has 16 heavy (non-hydrogen) atoms. The molecule has 0 saturated heterocycles. The lowest BCUT2D eigenvalue weighted by molar-refractivity contribution is 0.112. The van der Waals surface area contributed by atoms with Crippen LogP contribution in [-0.4, -0.2) is 16.3 Å². The summed E-state index contributed by atoms with van der Waals surface area (Å²) in [5, 5.41) is 0. The number of carbonyl (C=O) groups is 1. The zero-order valence-electron chi connectivity index (χ0n) is 8.64. The average molecular weight is 216 g/mol. The van der Waals surface area contributed by atoms with E-state index in [1.54, 1.807) is 19.1 Å². The Morgan fingerprint density at radius 2 is 1.94 bits per heavy atom. The minimum absolute atomic E-state index is 0.301. The van der Waals surface area contributed by atoms with Gasteiger partial charge in [-0.05, 0) is 31.2 Å². The van der Waals surface area contributed by atoms with Crippen molar-refractivity contribution >= 4 is 6.29 Å². The highest BCUT2D eigenvalue weighted by Crippen LogP contribution is 2.15. The van der Waals surface area contributed by atoms with Crippen LogP contribution in [0.15, 0.2) is 30.5 Å². The Kier molecular flexibility index (Phi) is 2.72. The molecule has 0 amide bonds. The van der Waals surface area contributed by atoms with Crippen LogP contribution in [-0.2, 0) is 0 Å². The molecule has 0 aliphatic carbocycles. The zero-order chi connectivity index (χ0) is 11.5. The van der Waals surface area contributed by atoms with Crippen LogP contribution >= 0.6 is 0 Å². The van der Waals surface area contributed by atoms with Gasteiger partial charge in [-0.3, -0.25) is 4.79 Å². The Balaban J connectivity index is 2.45. The standard InChI is InChI=1S/C12H9FN2O/c1-8-10(7-16)6-14-12(15-8)9-2-4-11(13)5-3-9/h2-7H,1H3. The van der Waals surface area contributed by atoms with E-state index < -0.39 is 0 Å². The van der Waals surface area contributed by atoms with Gasteiger partial charge in [-0.2, -0.15) is 0 Å². The number of hydrogen-bond donors (Lipinski definition) is 0. The fourth-order valence-electron chi connectivity index (χ4n) is 1.33. The summed E-state index contributed by atoms with van der Waals surface area (Å²) in [6.07, 6.45) is 2.18. The first kappa shape index (κ1) is 10.4. The molecule has 1 aromatic heterocycles. The van der Waals surface area contributed by atoms with Crippen LogP contribution in [0.4, 0.5) is 4.39 Å². The van der Waals surface area contributed by atoms with Crippen molar-refractivity contribution < 1.29 is 9.18 Å². The van der Waals surface area contributed by atoms with Crippen LogP contribution in [0.25, 0.3) is 11.4 Å². The van der Waals surface area contributed by atoms with Gasteiger partial charge in [-0.1, -0.05) is 0 Å². The highest BCUT2D eigenvalue weighted by atomic mass is 19.1. The van der Waals surface area contributed by atoms with Crippen LogP contribution in [0.5, 0.6) is 0 Å². The zero-order valence-corrected chi connectivity index (χ0v) is 8.64. The van der Waals surface area contributed by atoms with E-state index in [1.807, 2.05) is 0 Å². The molecule has 0 aliphatic rings. The normalized spacial score (nSPS) is 10.1. The second-order valence-electron chi connectivity index (χ2n) is 3.36. The summed E-state index contributed by atoms with van der Waals surface area (Å²) in [6, 6.07) is 5.90. The molecule has 1 aromatic carbocycles. The Bertz CT molecular complexity index is 523. The summed E-state index contributed by atoms with van der Waals surface area (Å²) in [5.74, 6) is 0.188. The van der Waals surface area contributed by atoms with Gasteiger partial charge in [-0.15, -0.1) is 0 Å². The Hall–Kier alpha value is -2.10. The summed E-state index contributed by atoms with van der Waals surface area (Å²) in [7, 11) is 0. The lowest BCUT2D eigenvalue weighted by Crippen LogP contribution is -1.96. The quantitative estimate of drug-likeness (QED) is 0.724. The van der Waals surface area contributed by atoms with Gasteiger partial charge in [0, 0.05) is 11.8 Å². The van der Waals surface area contributed by atoms with Crippen molar-refractivity contribution in [3.8, 4) is 11.4 Å². The molecule has 0 N–H and O–H groups in total. The van der Waals surface area contributed by atoms with Gasteiger partial charge >= 0.3 is 0 Å². The van der Waals surface area contributed by atoms with Crippen LogP contribution in [0.2, 0.25) is 0 Å². The number of hydrogen-bond acceptors (Lipinski definition) is 3. The lowest BCUT2D eigenvalue weighted by atomic mass is 10.2. The number of aromatic nitrogens is 2. The summed E-state index contributed by atoms with van der Waals surface area (Å²) in [6.45, 7) is 1.73. The monoisotopic (exact) mass is 216 g/mol. The molecular formula is C12H9FN2O. The van der Waals surface area contributed by atoms with Crippen molar-refractivity contribution in [2.24, 2.45) is 0 Å². The van der Waals surface area contributed by atoms with Crippen molar-refractivity contribution in [1.29, 1.82) is 0 Å². The maximum Gasteiger partial charge on any atom is 0.159 e. The molecule has 0 spiro atoms. The van der Waals surface area contributed by atoms with E-state index in [2.05, 4.69) is 9.97 Å². The number of halogens is 1. The SMILES string of the molecule is Cc1nc(-c2ccc(F)cc2)ncc1C=O. The first-order valence-electron chi connectivity index (χ1n) is 4.75. The van der Waals surface area contributed by atoms with Crippen LogP contribution < -0.4 is 0 Å². The van der Waals surface area contributed by atoms with Gasteiger partial charge < -0.3 is 0 Å². The molecule has 4 heteroatoms. The summed E-state index contributed by atoms with van der Waals surface area (Å²) in [4.78, 5) is 18.8. The van der Waals surface area contributed by atoms with Gasteiger partial charge in [0.15, 0.2) is 12.1 Å². The molecular weight excluding hydrogens is 207 g/mol. The van der Waals surface area contributed by atoms with Gasteiger partial charge in [0.2, 0.25) is 0 Å². The van der Waals surface area contributed by atoms with Gasteiger partial charge in [-0.25, -0.2) is 14.4 Å². The van der Waals surface area contributed by atoms with E-state index in [1.165, 1.54) is 18.3 Å². The number of aldehydes is 1.